The van der Waals surface area contributed by atoms with Crippen LogP contribution in [0, 0.1) is 5.82 Å². The highest BCUT2D eigenvalue weighted by molar-refractivity contribution is 5.94. The van der Waals surface area contributed by atoms with Gasteiger partial charge in [-0.25, -0.2) is 4.39 Å². The van der Waals surface area contributed by atoms with E-state index in [2.05, 4.69) is 5.32 Å². The SMILES string of the molecule is CNCCCN(C)C(=O)c1cccc(C(F)(F)F)c1F. The van der Waals surface area contributed by atoms with Gasteiger partial charge >= 0.3 is 6.18 Å². The smallest absolute Gasteiger partial charge is 0.342 e. The van der Waals surface area contributed by atoms with Crippen molar-refractivity contribution in [3.63, 3.8) is 0 Å². The van der Waals surface area contributed by atoms with Crippen molar-refractivity contribution in [2.75, 3.05) is 27.2 Å². The maximum Gasteiger partial charge on any atom is 0.419 e. The van der Waals surface area contributed by atoms with Crippen LogP contribution < -0.4 is 5.32 Å². The zero-order valence-electron chi connectivity index (χ0n) is 11.2. The van der Waals surface area contributed by atoms with E-state index in [1.165, 1.54) is 11.9 Å². The molecule has 0 aliphatic rings. The summed E-state index contributed by atoms with van der Waals surface area (Å²) in [7, 11) is 3.17. The lowest BCUT2D eigenvalue weighted by Crippen LogP contribution is -2.30. The highest BCUT2D eigenvalue weighted by Crippen LogP contribution is 2.32. The molecule has 1 aromatic carbocycles. The molecule has 112 valence electrons. The minimum absolute atomic E-state index is 0.329. The predicted molar refractivity (Wildman–Crippen MR) is 66.9 cm³/mol. The van der Waals surface area contributed by atoms with Gasteiger partial charge in [0.25, 0.3) is 5.91 Å². The first-order valence-electron chi connectivity index (χ1n) is 6.04. The lowest BCUT2D eigenvalue weighted by atomic mass is 10.1. The molecule has 1 amide bonds. The first-order valence-corrected chi connectivity index (χ1v) is 6.04. The number of nitrogens with one attached hydrogen (secondary N) is 1. The molecular weight excluding hydrogens is 276 g/mol. The number of halogens is 4. The summed E-state index contributed by atoms with van der Waals surface area (Å²) in [6.07, 6.45) is -4.19. The first-order chi connectivity index (χ1) is 9.29. The molecule has 0 unspecified atom stereocenters. The molecule has 20 heavy (non-hydrogen) atoms. The van der Waals surface area contributed by atoms with Crippen molar-refractivity contribution >= 4 is 5.91 Å². The fourth-order valence-electron chi connectivity index (χ4n) is 1.72. The summed E-state index contributed by atoms with van der Waals surface area (Å²) in [5, 5.41) is 2.88. The van der Waals surface area contributed by atoms with Crippen LogP contribution in [-0.2, 0) is 6.18 Å². The lowest BCUT2D eigenvalue weighted by molar-refractivity contribution is -0.140. The van der Waals surface area contributed by atoms with Crippen LogP contribution in [0.4, 0.5) is 17.6 Å². The van der Waals surface area contributed by atoms with Gasteiger partial charge < -0.3 is 10.2 Å². The summed E-state index contributed by atoms with van der Waals surface area (Å²) < 4.78 is 51.5. The number of alkyl halides is 3. The predicted octanol–water partition coefficient (Wildman–Crippen LogP) is 2.53. The molecule has 0 heterocycles. The number of carbonyl (C=O) groups is 1. The number of hydrogen-bond acceptors (Lipinski definition) is 2. The van der Waals surface area contributed by atoms with Gasteiger partial charge in [-0.3, -0.25) is 4.79 Å². The second-order valence-electron chi connectivity index (χ2n) is 4.35. The van der Waals surface area contributed by atoms with Crippen LogP contribution in [0.1, 0.15) is 22.3 Å². The van der Waals surface area contributed by atoms with Crippen molar-refractivity contribution in [1.82, 2.24) is 10.2 Å². The third-order valence-electron chi connectivity index (χ3n) is 2.80. The fourth-order valence-corrected chi connectivity index (χ4v) is 1.72. The highest BCUT2D eigenvalue weighted by atomic mass is 19.4. The Morgan fingerprint density at radius 3 is 2.55 bits per heavy atom. The van der Waals surface area contributed by atoms with Crippen LogP contribution in [0.15, 0.2) is 18.2 Å². The molecule has 0 aliphatic carbocycles. The Labute approximate surface area is 114 Å². The van der Waals surface area contributed by atoms with Crippen LogP contribution >= 0.6 is 0 Å². The van der Waals surface area contributed by atoms with E-state index in [0.717, 1.165) is 12.1 Å². The van der Waals surface area contributed by atoms with E-state index in [0.29, 0.717) is 25.6 Å². The average Bonchev–Trinajstić information content (AvgIpc) is 2.37. The van der Waals surface area contributed by atoms with Gasteiger partial charge in [-0.15, -0.1) is 0 Å². The van der Waals surface area contributed by atoms with E-state index in [1.807, 2.05) is 0 Å². The van der Waals surface area contributed by atoms with Crippen LogP contribution in [0.2, 0.25) is 0 Å². The van der Waals surface area contributed by atoms with Crippen LogP contribution in [0.25, 0.3) is 0 Å². The minimum Gasteiger partial charge on any atom is -0.342 e. The van der Waals surface area contributed by atoms with Gasteiger partial charge in [0, 0.05) is 13.6 Å². The normalized spacial score (nSPS) is 11.5. The average molecular weight is 292 g/mol. The first kappa shape index (κ1) is 16.4. The molecule has 0 spiro atoms. The van der Waals surface area contributed by atoms with Gasteiger partial charge in [0.1, 0.15) is 5.82 Å². The standard InChI is InChI=1S/C13H16F4N2O/c1-18-7-4-8-19(2)12(20)9-5-3-6-10(11(9)14)13(15,16)17/h3,5-6,18H,4,7-8H2,1-2H3. The van der Waals surface area contributed by atoms with Gasteiger partial charge in [0.15, 0.2) is 0 Å². The molecule has 0 bridgehead atoms. The molecule has 0 aliphatic heterocycles. The minimum atomic E-state index is -4.81. The summed E-state index contributed by atoms with van der Waals surface area (Å²) >= 11 is 0. The Kier molecular flexibility index (Phi) is 5.50. The molecule has 7 heteroatoms. The number of carbonyl (C=O) groups excluding carboxylic acids is 1. The van der Waals surface area contributed by atoms with Crippen molar-refractivity contribution in [1.29, 1.82) is 0 Å². The molecule has 1 rings (SSSR count). The summed E-state index contributed by atoms with van der Waals surface area (Å²) in [5.41, 5.74) is -1.99. The maximum absolute atomic E-state index is 13.8. The van der Waals surface area contributed by atoms with Crippen molar-refractivity contribution in [3.8, 4) is 0 Å². The summed E-state index contributed by atoms with van der Waals surface area (Å²) in [6, 6.07) is 2.70. The summed E-state index contributed by atoms with van der Waals surface area (Å²) in [4.78, 5) is 13.1. The van der Waals surface area contributed by atoms with Crippen LogP contribution in [-0.4, -0.2) is 38.0 Å². The largest absolute Gasteiger partial charge is 0.419 e. The Bertz CT molecular complexity index is 474. The molecule has 0 saturated carbocycles. The van der Waals surface area contributed by atoms with E-state index in [9.17, 15) is 22.4 Å². The van der Waals surface area contributed by atoms with Gasteiger partial charge in [0.05, 0.1) is 11.1 Å². The Morgan fingerprint density at radius 2 is 2.00 bits per heavy atom. The molecule has 0 radical (unpaired) electrons. The second-order valence-corrected chi connectivity index (χ2v) is 4.35. The van der Waals surface area contributed by atoms with Crippen molar-refractivity contribution in [3.05, 3.63) is 35.1 Å². The molecule has 0 fully saturated rings. The molecule has 3 nitrogen and oxygen atoms in total. The Balaban J connectivity index is 2.94. The number of amides is 1. The maximum atomic E-state index is 13.8. The zero-order chi connectivity index (χ0) is 15.3. The summed E-state index contributed by atoms with van der Waals surface area (Å²) in [6.45, 7) is 0.984. The Hall–Kier alpha value is -1.63. The molecule has 1 N–H and O–H groups in total. The van der Waals surface area contributed by atoms with E-state index in [1.54, 1.807) is 7.05 Å². The number of hydrogen-bond donors (Lipinski definition) is 1. The van der Waals surface area contributed by atoms with Gasteiger partial charge in [-0.1, -0.05) is 6.07 Å². The molecular formula is C13H16F4N2O. The second kappa shape index (κ2) is 6.69. The fraction of sp³-hybridized carbons (Fsp3) is 0.462. The zero-order valence-corrected chi connectivity index (χ0v) is 11.2. The summed E-state index contributed by atoms with van der Waals surface area (Å²) in [5.74, 6) is -2.28. The van der Waals surface area contributed by atoms with Gasteiger partial charge in [-0.2, -0.15) is 13.2 Å². The Morgan fingerprint density at radius 1 is 1.35 bits per heavy atom. The quantitative estimate of drug-likeness (QED) is 0.668. The third kappa shape index (κ3) is 3.93. The molecule has 0 aromatic heterocycles. The van der Waals surface area contributed by atoms with Crippen molar-refractivity contribution in [2.24, 2.45) is 0 Å². The van der Waals surface area contributed by atoms with E-state index in [4.69, 9.17) is 0 Å². The van der Waals surface area contributed by atoms with Crippen LogP contribution in [0.5, 0.6) is 0 Å². The third-order valence-corrected chi connectivity index (χ3v) is 2.80. The van der Waals surface area contributed by atoms with Crippen molar-refractivity contribution in [2.45, 2.75) is 12.6 Å². The molecule has 0 saturated heterocycles. The lowest BCUT2D eigenvalue weighted by Gasteiger charge is -2.18. The van der Waals surface area contributed by atoms with Crippen molar-refractivity contribution < 1.29 is 22.4 Å². The van der Waals surface area contributed by atoms with Gasteiger partial charge in [-0.05, 0) is 32.1 Å². The van der Waals surface area contributed by atoms with E-state index < -0.39 is 29.0 Å². The van der Waals surface area contributed by atoms with E-state index >= 15 is 0 Å². The highest BCUT2D eigenvalue weighted by Gasteiger charge is 2.36. The number of benzene rings is 1. The topological polar surface area (TPSA) is 32.3 Å². The number of nitrogens with zero attached hydrogens (tertiary/aromatic N) is 1. The van der Waals surface area contributed by atoms with E-state index in [-0.39, 0.29) is 0 Å². The number of rotatable bonds is 5. The monoisotopic (exact) mass is 292 g/mol. The molecule has 1 aromatic rings. The van der Waals surface area contributed by atoms with Gasteiger partial charge in [0.2, 0.25) is 0 Å². The van der Waals surface area contributed by atoms with Crippen LogP contribution in [0.3, 0.4) is 0 Å². The molecule has 0 atom stereocenters.